The Hall–Kier alpha value is -1.06. The van der Waals surface area contributed by atoms with Crippen LogP contribution in [0.25, 0.3) is 0 Å². The van der Waals surface area contributed by atoms with Gasteiger partial charge in [0.25, 0.3) is 5.91 Å². The van der Waals surface area contributed by atoms with Gasteiger partial charge in [-0.25, -0.2) is 0 Å². The molecule has 1 aliphatic carbocycles. The zero-order chi connectivity index (χ0) is 15.0. The lowest BCUT2D eigenvalue weighted by atomic mass is 10.0. The number of nitrogens with one attached hydrogen (secondary N) is 1. The molecule has 1 atom stereocenters. The Balaban J connectivity index is 1.87. The molecule has 0 aromatic heterocycles. The molecule has 3 rings (SSSR count). The van der Waals surface area contributed by atoms with Crippen molar-refractivity contribution in [3.8, 4) is 0 Å². The van der Waals surface area contributed by atoms with E-state index in [0.29, 0.717) is 16.5 Å². The van der Waals surface area contributed by atoms with Crippen LogP contribution in [0.15, 0.2) is 18.2 Å². The maximum Gasteiger partial charge on any atom is 0.254 e. The Labute approximate surface area is 131 Å². The number of carbonyl (C=O) groups excluding carboxylic acids is 1. The average molecular weight is 307 g/mol. The summed E-state index contributed by atoms with van der Waals surface area (Å²) in [4.78, 5) is 15.1. The number of hydrogen-bond acceptors (Lipinski definition) is 2. The van der Waals surface area contributed by atoms with Gasteiger partial charge in [-0.05, 0) is 55.8 Å². The van der Waals surface area contributed by atoms with Crippen LogP contribution in [0, 0.1) is 12.3 Å². The van der Waals surface area contributed by atoms with Crippen molar-refractivity contribution in [3.63, 3.8) is 0 Å². The average Bonchev–Trinajstić information content (AvgIpc) is 2.97. The Morgan fingerprint density at radius 2 is 2.24 bits per heavy atom. The minimum absolute atomic E-state index is 0.136. The Bertz CT molecular complexity index is 548. The third-order valence-corrected chi connectivity index (χ3v) is 5.30. The van der Waals surface area contributed by atoms with Crippen molar-refractivity contribution >= 4 is 17.5 Å². The lowest BCUT2D eigenvalue weighted by molar-refractivity contribution is 0.0650. The molecule has 1 aliphatic heterocycles. The van der Waals surface area contributed by atoms with Crippen molar-refractivity contribution in [2.24, 2.45) is 5.41 Å². The largest absolute Gasteiger partial charge is 0.334 e. The van der Waals surface area contributed by atoms with Gasteiger partial charge in [0.15, 0.2) is 0 Å². The van der Waals surface area contributed by atoms with Crippen molar-refractivity contribution in [2.45, 2.75) is 39.2 Å². The number of rotatable bonds is 4. The molecule has 1 saturated carbocycles. The molecule has 1 N–H and O–H groups in total. The van der Waals surface area contributed by atoms with Gasteiger partial charge in [0.2, 0.25) is 0 Å². The van der Waals surface area contributed by atoms with E-state index in [1.807, 2.05) is 25.1 Å². The molecular formula is C17H23ClN2O. The van der Waals surface area contributed by atoms with Crippen LogP contribution in [0.5, 0.6) is 0 Å². The van der Waals surface area contributed by atoms with Crippen LogP contribution >= 0.6 is 11.6 Å². The fourth-order valence-corrected chi connectivity index (χ4v) is 3.22. The zero-order valence-electron chi connectivity index (χ0n) is 12.8. The smallest absolute Gasteiger partial charge is 0.254 e. The van der Waals surface area contributed by atoms with Gasteiger partial charge in [-0.3, -0.25) is 4.79 Å². The van der Waals surface area contributed by atoms with E-state index in [-0.39, 0.29) is 5.91 Å². The molecule has 1 aromatic carbocycles. The maximum absolute atomic E-state index is 13.0. The first kappa shape index (κ1) is 14.9. The molecule has 0 unspecified atom stereocenters. The van der Waals surface area contributed by atoms with Gasteiger partial charge >= 0.3 is 0 Å². The molecule has 114 valence electrons. The lowest BCUT2D eigenvalue weighted by Gasteiger charge is -2.32. The summed E-state index contributed by atoms with van der Waals surface area (Å²) in [5.74, 6) is 0.136. The fraction of sp³-hybridized carbons (Fsp3) is 0.588. The SMILES string of the molecule is Cc1c(Cl)cccc1C(=O)N(CC1(C)CC1)[C@@H]1CCNC1. The minimum atomic E-state index is 0.136. The van der Waals surface area contributed by atoms with Crippen molar-refractivity contribution in [3.05, 3.63) is 34.3 Å². The highest BCUT2D eigenvalue weighted by Gasteiger charge is 2.42. The van der Waals surface area contributed by atoms with E-state index >= 15 is 0 Å². The van der Waals surface area contributed by atoms with Gasteiger partial charge in [-0.2, -0.15) is 0 Å². The second-order valence-corrected chi connectivity index (χ2v) is 7.21. The number of nitrogens with zero attached hydrogens (tertiary/aromatic N) is 1. The highest BCUT2D eigenvalue weighted by Crippen LogP contribution is 2.46. The van der Waals surface area contributed by atoms with Gasteiger partial charge in [0.05, 0.1) is 0 Å². The van der Waals surface area contributed by atoms with E-state index in [9.17, 15) is 4.79 Å². The molecule has 1 aromatic rings. The van der Waals surface area contributed by atoms with Crippen molar-refractivity contribution in [1.82, 2.24) is 10.2 Å². The Kier molecular flexibility index (Phi) is 3.98. The topological polar surface area (TPSA) is 32.3 Å². The lowest BCUT2D eigenvalue weighted by Crippen LogP contribution is -2.44. The van der Waals surface area contributed by atoms with Gasteiger partial charge in [-0.1, -0.05) is 24.6 Å². The molecule has 21 heavy (non-hydrogen) atoms. The van der Waals surface area contributed by atoms with E-state index in [1.165, 1.54) is 12.8 Å². The molecule has 4 heteroatoms. The first-order valence-electron chi connectivity index (χ1n) is 7.77. The van der Waals surface area contributed by atoms with Crippen molar-refractivity contribution < 1.29 is 4.79 Å². The van der Waals surface area contributed by atoms with Crippen LogP contribution in [-0.2, 0) is 0 Å². The van der Waals surface area contributed by atoms with Crippen molar-refractivity contribution in [1.29, 1.82) is 0 Å². The molecule has 1 amide bonds. The van der Waals surface area contributed by atoms with Crippen LogP contribution in [0.3, 0.4) is 0 Å². The summed E-state index contributed by atoms with van der Waals surface area (Å²) in [6, 6.07) is 5.92. The molecule has 1 saturated heterocycles. The minimum Gasteiger partial charge on any atom is -0.334 e. The number of carbonyl (C=O) groups is 1. The predicted octanol–water partition coefficient (Wildman–Crippen LogP) is 3.25. The number of halogens is 1. The first-order valence-corrected chi connectivity index (χ1v) is 8.15. The van der Waals surface area contributed by atoms with Crippen molar-refractivity contribution in [2.75, 3.05) is 19.6 Å². The maximum atomic E-state index is 13.0. The van der Waals surface area contributed by atoms with Gasteiger partial charge in [0, 0.05) is 29.7 Å². The molecule has 2 aliphatic rings. The van der Waals surface area contributed by atoms with E-state index < -0.39 is 0 Å². The summed E-state index contributed by atoms with van der Waals surface area (Å²) < 4.78 is 0. The normalized spacial score (nSPS) is 23.1. The third kappa shape index (κ3) is 3.09. The number of amides is 1. The number of benzene rings is 1. The van der Waals surface area contributed by atoms with E-state index in [1.54, 1.807) is 0 Å². The van der Waals surface area contributed by atoms with Crippen LogP contribution in [0.2, 0.25) is 5.02 Å². The summed E-state index contributed by atoms with van der Waals surface area (Å²) in [7, 11) is 0. The highest BCUT2D eigenvalue weighted by molar-refractivity contribution is 6.31. The van der Waals surface area contributed by atoms with E-state index in [4.69, 9.17) is 11.6 Å². The number of hydrogen-bond donors (Lipinski definition) is 1. The van der Waals surface area contributed by atoms with Gasteiger partial charge in [0.1, 0.15) is 0 Å². The fourth-order valence-electron chi connectivity index (χ4n) is 3.05. The third-order valence-electron chi connectivity index (χ3n) is 4.89. The van der Waals surface area contributed by atoms with Crippen LogP contribution < -0.4 is 5.32 Å². The zero-order valence-corrected chi connectivity index (χ0v) is 13.5. The molecule has 0 bridgehead atoms. The molecule has 1 heterocycles. The Morgan fingerprint density at radius 3 is 2.86 bits per heavy atom. The molecule has 3 nitrogen and oxygen atoms in total. The summed E-state index contributed by atoms with van der Waals surface area (Å²) in [5.41, 5.74) is 1.96. The predicted molar refractivity (Wildman–Crippen MR) is 85.8 cm³/mol. The summed E-state index contributed by atoms with van der Waals surface area (Å²) in [5, 5.41) is 4.04. The van der Waals surface area contributed by atoms with E-state index in [0.717, 1.165) is 37.2 Å². The van der Waals surface area contributed by atoms with Crippen LogP contribution in [-0.4, -0.2) is 36.5 Å². The highest BCUT2D eigenvalue weighted by atomic mass is 35.5. The first-order chi connectivity index (χ1) is 10.0. The van der Waals surface area contributed by atoms with Crippen LogP contribution in [0.4, 0.5) is 0 Å². The molecule has 0 radical (unpaired) electrons. The molecule has 2 fully saturated rings. The molecule has 0 spiro atoms. The summed E-state index contributed by atoms with van der Waals surface area (Å²) >= 11 is 6.18. The molecular weight excluding hydrogens is 284 g/mol. The van der Waals surface area contributed by atoms with Crippen LogP contribution in [0.1, 0.15) is 42.1 Å². The standard InChI is InChI=1S/C17H23ClN2O/c1-12-14(4-3-5-15(12)18)16(21)20(11-17(2)7-8-17)13-6-9-19-10-13/h3-5,13,19H,6-11H2,1-2H3/t13-/m1/s1. The van der Waals surface area contributed by atoms with Gasteiger partial charge in [-0.15, -0.1) is 0 Å². The summed E-state index contributed by atoms with van der Waals surface area (Å²) in [6.45, 7) is 6.98. The van der Waals surface area contributed by atoms with E-state index in [2.05, 4.69) is 17.1 Å². The second kappa shape index (κ2) is 5.62. The Morgan fingerprint density at radius 1 is 1.48 bits per heavy atom. The quantitative estimate of drug-likeness (QED) is 0.926. The monoisotopic (exact) mass is 306 g/mol. The van der Waals surface area contributed by atoms with Gasteiger partial charge < -0.3 is 10.2 Å². The summed E-state index contributed by atoms with van der Waals surface area (Å²) in [6.07, 6.45) is 3.50. The second-order valence-electron chi connectivity index (χ2n) is 6.80.